The van der Waals surface area contributed by atoms with Gasteiger partial charge in [0.1, 0.15) is 24.4 Å². The summed E-state index contributed by atoms with van der Waals surface area (Å²) in [5.41, 5.74) is 0. The highest BCUT2D eigenvalue weighted by Gasteiger charge is 2.26. The van der Waals surface area contributed by atoms with Crippen LogP contribution in [0.2, 0.25) is 0 Å². The van der Waals surface area contributed by atoms with Crippen LogP contribution < -0.4 is 0 Å². The minimum Gasteiger partial charge on any atom is -0.394 e. The van der Waals surface area contributed by atoms with Crippen molar-refractivity contribution < 1.29 is 34.6 Å². The molecule has 2 heterocycles. The summed E-state index contributed by atoms with van der Waals surface area (Å²) in [7, 11) is 0. The second-order valence-corrected chi connectivity index (χ2v) is 3.95. The van der Waals surface area contributed by atoms with E-state index in [-0.39, 0.29) is 0 Å². The van der Waals surface area contributed by atoms with Crippen molar-refractivity contribution in [3.8, 4) is 0 Å². The van der Waals surface area contributed by atoms with Gasteiger partial charge < -0.3 is 34.6 Å². The average molecular weight is 252 g/mol. The molecule has 2 fully saturated rings. The van der Waals surface area contributed by atoms with Gasteiger partial charge >= 0.3 is 0 Å². The molecule has 7 heteroatoms. The first-order valence-corrected chi connectivity index (χ1v) is 5.56. The van der Waals surface area contributed by atoms with Crippen molar-refractivity contribution in [3.05, 3.63) is 0 Å². The molecule has 4 unspecified atom stereocenters. The van der Waals surface area contributed by atoms with Crippen molar-refractivity contribution in [1.82, 2.24) is 0 Å². The Morgan fingerprint density at radius 3 is 1.53 bits per heavy atom. The van der Waals surface area contributed by atoms with E-state index in [1.807, 2.05) is 0 Å². The van der Waals surface area contributed by atoms with E-state index in [1.54, 1.807) is 0 Å². The van der Waals surface area contributed by atoms with Gasteiger partial charge in [-0.3, -0.25) is 0 Å². The van der Waals surface area contributed by atoms with Crippen LogP contribution in [0.3, 0.4) is 0 Å². The molecule has 2 aliphatic heterocycles. The lowest BCUT2D eigenvalue weighted by Crippen LogP contribution is -2.31. The van der Waals surface area contributed by atoms with E-state index in [0.29, 0.717) is 12.2 Å². The molecular formula is C10H20O7. The first-order valence-electron chi connectivity index (χ1n) is 5.56. The summed E-state index contributed by atoms with van der Waals surface area (Å²) in [5.74, 6) is 0. The van der Waals surface area contributed by atoms with E-state index in [1.165, 1.54) is 0 Å². The lowest BCUT2D eigenvalue weighted by atomic mass is 10.2. The van der Waals surface area contributed by atoms with Crippen LogP contribution in [-0.2, 0) is 14.2 Å². The van der Waals surface area contributed by atoms with Gasteiger partial charge in [0.15, 0.2) is 0 Å². The number of hydrogen-bond donors (Lipinski definition) is 4. The van der Waals surface area contributed by atoms with Gasteiger partial charge in [-0.1, -0.05) is 0 Å². The van der Waals surface area contributed by atoms with Gasteiger partial charge in [-0.05, 0) is 0 Å². The third kappa shape index (κ3) is 7.61. The summed E-state index contributed by atoms with van der Waals surface area (Å²) in [6.07, 6.45) is -1.66. The predicted octanol–water partition coefficient (Wildman–Crippen LogP) is -2.51. The van der Waals surface area contributed by atoms with E-state index in [9.17, 15) is 0 Å². The molecule has 2 rings (SSSR count). The molecule has 4 atom stereocenters. The van der Waals surface area contributed by atoms with Crippen LogP contribution in [0.15, 0.2) is 0 Å². The summed E-state index contributed by atoms with van der Waals surface area (Å²) in [5, 5.41) is 33.2. The van der Waals surface area contributed by atoms with Gasteiger partial charge in [-0.15, -0.1) is 0 Å². The molecule has 7 nitrogen and oxygen atoms in total. The van der Waals surface area contributed by atoms with Crippen molar-refractivity contribution in [2.75, 3.05) is 39.6 Å². The summed E-state index contributed by atoms with van der Waals surface area (Å²) in [6.45, 7) is 2.21. The summed E-state index contributed by atoms with van der Waals surface area (Å²) >= 11 is 0. The third-order valence-corrected chi connectivity index (χ3v) is 2.23. The Bertz CT molecular complexity index is 173. The molecule has 0 spiro atoms. The Morgan fingerprint density at radius 1 is 0.941 bits per heavy atom. The quantitative estimate of drug-likeness (QED) is 0.370. The highest BCUT2D eigenvalue weighted by atomic mass is 16.6. The van der Waals surface area contributed by atoms with Crippen LogP contribution in [0.25, 0.3) is 0 Å². The SMILES string of the molecule is C(OCC1CO1)C1CO1.OCC(O)C(O)CO. The molecule has 0 aromatic heterocycles. The van der Waals surface area contributed by atoms with Crippen LogP contribution in [-0.4, -0.2) is 84.5 Å². The maximum Gasteiger partial charge on any atom is 0.105 e. The number of aliphatic hydroxyl groups is 4. The standard InChI is InChI=1S/C6H10O3.C4H10O4/c1(5-3-8-5)7-2-6-4-9-6;5-1-3(7)4(8)2-6/h5-6H,1-4H2;3-8H,1-2H2. The Labute approximate surface area is 99.5 Å². The molecule has 0 bridgehead atoms. The predicted molar refractivity (Wildman–Crippen MR) is 56.5 cm³/mol. The molecule has 0 radical (unpaired) electrons. The van der Waals surface area contributed by atoms with Gasteiger partial charge in [-0.25, -0.2) is 0 Å². The topological polar surface area (TPSA) is 115 Å². The molecular weight excluding hydrogens is 232 g/mol. The van der Waals surface area contributed by atoms with Crippen molar-refractivity contribution in [2.45, 2.75) is 24.4 Å². The third-order valence-electron chi connectivity index (χ3n) is 2.23. The largest absolute Gasteiger partial charge is 0.394 e. The second-order valence-electron chi connectivity index (χ2n) is 3.95. The fourth-order valence-electron chi connectivity index (χ4n) is 0.903. The van der Waals surface area contributed by atoms with Gasteiger partial charge in [-0.2, -0.15) is 0 Å². The molecule has 0 aliphatic carbocycles. The zero-order valence-corrected chi connectivity index (χ0v) is 9.57. The number of hydrogen-bond acceptors (Lipinski definition) is 7. The Kier molecular flexibility index (Phi) is 6.90. The van der Waals surface area contributed by atoms with Crippen LogP contribution in [0.4, 0.5) is 0 Å². The number of ether oxygens (including phenoxy) is 3. The molecule has 17 heavy (non-hydrogen) atoms. The molecule has 0 amide bonds. The Balaban J connectivity index is 0.000000172. The maximum atomic E-state index is 8.47. The van der Waals surface area contributed by atoms with E-state index in [4.69, 9.17) is 34.6 Å². The van der Waals surface area contributed by atoms with Gasteiger partial charge in [0, 0.05) is 0 Å². The van der Waals surface area contributed by atoms with Crippen molar-refractivity contribution >= 4 is 0 Å². The van der Waals surface area contributed by atoms with Crippen molar-refractivity contribution in [3.63, 3.8) is 0 Å². The van der Waals surface area contributed by atoms with E-state index in [0.717, 1.165) is 26.4 Å². The highest BCUT2D eigenvalue weighted by molar-refractivity contribution is 4.71. The van der Waals surface area contributed by atoms with E-state index >= 15 is 0 Å². The van der Waals surface area contributed by atoms with Gasteiger partial charge in [0.05, 0.1) is 39.6 Å². The van der Waals surface area contributed by atoms with Crippen LogP contribution >= 0.6 is 0 Å². The minimum absolute atomic E-state index is 0.392. The number of aliphatic hydroxyl groups excluding tert-OH is 4. The second kappa shape index (κ2) is 7.93. The monoisotopic (exact) mass is 252 g/mol. The van der Waals surface area contributed by atoms with E-state index in [2.05, 4.69) is 0 Å². The van der Waals surface area contributed by atoms with Gasteiger partial charge in [0.25, 0.3) is 0 Å². The highest BCUT2D eigenvalue weighted by Crippen LogP contribution is 2.12. The van der Waals surface area contributed by atoms with Crippen molar-refractivity contribution in [2.24, 2.45) is 0 Å². The zero-order valence-electron chi connectivity index (χ0n) is 9.57. The number of rotatable bonds is 7. The summed E-state index contributed by atoms with van der Waals surface area (Å²) in [6, 6.07) is 0. The molecule has 2 aliphatic rings. The smallest absolute Gasteiger partial charge is 0.105 e. The average Bonchev–Trinajstić information content (AvgIpc) is 3.21. The molecule has 2 saturated heterocycles. The van der Waals surface area contributed by atoms with Crippen LogP contribution in [0, 0.1) is 0 Å². The first-order chi connectivity index (χ1) is 8.17. The lowest BCUT2D eigenvalue weighted by molar-refractivity contribution is -0.0388. The summed E-state index contributed by atoms with van der Waals surface area (Å²) in [4.78, 5) is 0. The molecule has 4 N–H and O–H groups in total. The summed E-state index contributed by atoms with van der Waals surface area (Å²) < 4.78 is 15.1. The zero-order chi connectivity index (χ0) is 12.7. The molecule has 0 aromatic rings. The maximum absolute atomic E-state index is 8.47. The van der Waals surface area contributed by atoms with Gasteiger partial charge in [0.2, 0.25) is 0 Å². The fraction of sp³-hybridized carbons (Fsp3) is 1.00. The lowest BCUT2D eigenvalue weighted by Gasteiger charge is -2.10. The van der Waals surface area contributed by atoms with Crippen LogP contribution in [0.5, 0.6) is 0 Å². The Hall–Kier alpha value is -0.280. The molecule has 0 aromatic carbocycles. The molecule has 102 valence electrons. The minimum atomic E-state index is -1.22. The first kappa shape index (κ1) is 14.8. The molecule has 0 saturated carbocycles. The van der Waals surface area contributed by atoms with Crippen LogP contribution in [0.1, 0.15) is 0 Å². The van der Waals surface area contributed by atoms with E-state index < -0.39 is 25.4 Å². The Morgan fingerprint density at radius 2 is 1.29 bits per heavy atom. The normalized spacial score (nSPS) is 28.9. The van der Waals surface area contributed by atoms with Crippen molar-refractivity contribution in [1.29, 1.82) is 0 Å². The number of epoxide rings is 2. The fourth-order valence-corrected chi connectivity index (χ4v) is 0.903.